The summed E-state index contributed by atoms with van der Waals surface area (Å²) in [6.45, 7) is 8.33. The predicted octanol–water partition coefficient (Wildman–Crippen LogP) is 1.30. The predicted molar refractivity (Wildman–Crippen MR) is 84.2 cm³/mol. The van der Waals surface area contributed by atoms with Crippen LogP contribution < -0.4 is 11.3 Å². The van der Waals surface area contributed by atoms with E-state index in [1.807, 2.05) is 0 Å². The van der Waals surface area contributed by atoms with Gasteiger partial charge in [0.15, 0.2) is 0 Å². The smallest absolute Gasteiger partial charge is 0.150 e. The van der Waals surface area contributed by atoms with Crippen molar-refractivity contribution in [1.82, 2.24) is 10.3 Å². The fourth-order valence-corrected chi connectivity index (χ4v) is 3.88. The van der Waals surface area contributed by atoms with Crippen molar-refractivity contribution < 1.29 is 8.42 Å². The molecule has 0 aromatic heterocycles. The van der Waals surface area contributed by atoms with Gasteiger partial charge in [0.2, 0.25) is 0 Å². The topological polar surface area (TPSA) is 75.4 Å². The number of nitrogens with one attached hydrogen (secondary N) is 1. The van der Waals surface area contributed by atoms with E-state index in [2.05, 4.69) is 24.2 Å². The van der Waals surface area contributed by atoms with E-state index in [1.165, 1.54) is 19.3 Å². The number of nitrogens with two attached hydrogens (primary N) is 1. The van der Waals surface area contributed by atoms with Crippen molar-refractivity contribution in [1.29, 1.82) is 0 Å². The van der Waals surface area contributed by atoms with Gasteiger partial charge in [-0.05, 0) is 52.6 Å². The maximum Gasteiger partial charge on any atom is 0.150 e. The average Bonchev–Trinajstić information content (AvgIpc) is 2.44. The maximum absolute atomic E-state index is 11.6. The lowest BCUT2D eigenvalue weighted by atomic mass is 9.88. The number of likely N-dealkylation sites (tertiary alicyclic amines) is 1. The molecule has 20 heavy (non-hydrogen) atoms. The van der Waals surface area contributed by atoms with Gasteiger partial charge in [-0.2, -0.15) is 0 Å². The number of piperidine rings is 1. The lowest BCUT2D eigenvalue weighted by Gasteiger charge is -2.45. The SMILES string of the molecule is CCS(=O)(=O)CCCC(NN)C(C)(C)N1CCCCC1. The molecule has 0 aromatic rings. The van der Waals surface area contributed by atoms with Crippen molar-refractivity contribution in [3.8, 4) is 0 Å². The van der Waals surface area contributed by atoms with Crippen LogP contribution in [0.1, 0.15) is 52.9 Å². The first-order valence-electron chi connectivity index (χ1n) is 7.75. The van der Waals surface area contributed by atoms with Crippen LogP contribution in [0, 0.1) is 0 Å². The molecule has 1 heterocycles. The third kappa shape index (κ3) is 4.98. The summed E-state index contributed by atoms with van der Waals surface area (Å²) < 4.78 is 23.1. The zero-order chi connectivity index (χ0) is 15.2. The molecule has 0 bridgehead atoms. The lowest BCUT2D eigenvalue weighted by Crippen LogP contribution is -2.60. The molecule has 5 nitrogen and oxygen atoms in total. The molecule has 0 radical (unpaired) electrons. The molecular weight excluding hydrogens is 274 g/mol. The Hall–Kier alpha value is -0.170. The number of hydrazine groups is 1. The summed E-state index contributed by atoms with van der Waals surface area (Å²) in [6, 6.07) is 0.118. The van der Waals surface area contributed by atoms with Gasteiger partial charge in [0.25, 0.3) is 0 Å². The quantitative estimate of drug-likeness (QED) is 0.522. The van der Waals surface area contributed by atoms with Crippen molar-refractivity contribution >= 4 is 9.84 Å². The highest BCUT2D eigenvalue weighted by atomic mass is 32.2. The summed E-state index contributed by atoms with van der Waals surface area (Å²) in [4.78, 5) is 2.48. The van der Waals surface area contributed by atoms with Crippen LogP contribution in [0.25, 0.3) is 0 Å². The van der Waals surface area contributed by atoms with Gasteiger partial charge >= 0.3 is 0 Å². The molecule has 0 spiro atoms. The molecular formula is C14H31N3O2S. The highest BCUT2D eigenvalue weighted by Crippen LogP contribution is 2.25. The van der Waals surface area contributed by atoms with Gasteiger partial charge < -0.3 is 0 Å². The fourth-order valence-electron chi connectivity index (χ4n) is 2.98. The molecule has 1 fully saturated rings. The molecule has 0 aromatic carbocycles. The van der Waals surface area contributed by atoms with Gasteiger partial charge in [-0.15, -0.1) is 0 Å². The van der Waals surface area contributed by atoms with Crippen molar-refractivity contribution in [2.24, 2.45) is 5.84 Å². The Morgan fingerprint density at radius 3 is 2.35 bits per heavy atom. The van der Waals surface area contributed by atoms with Crippen LogP contribution in [0.3, 0.4) is 0 Å². The van der Waals surface area contributed by atoms with Crippen molar-refractivity contribution in [3.05, 3.63) is 0 Å². The third-order valence-electron chi connectivity index (χ3n) is 4.61. The van der Waals surface area contributed by atoms with Gasteiger partial charge in [0.05, 0.1) is 5.75 Å². The molecule has 3 N–H and O–H groups in total. The second kappa shape index (κ2) is 7.73. The van der Waals surface area contributed by atoms with Crippen LogP contribution in [0.4, 0.5) is 0 Å². The summed E-state index contributed by atoms with van der Waals surface area (Å²) >= 11 is 0. The summed E-state index contributed by atoms with van der Waals surface area (Å²) in [5, 5.41) is 0. The Morgan fingerprint density at radius 2 is 1.85 bits per heavy atom. The third-order valence-corrected chi connectivity index (χ3v) is 6.40. The minimum Gasteiger partial charge on any atom is -0.297 e. The first kappa shape index (κ1) is 17.9. The van der Waals surface area contributed by atoms with Gasteiger partial charge in [-0.3, -0.25) is 16.2 Å². The largest absolute Gasteiger partial charge is 0.297 e. The number of hydrogen-bond donors (Lipinski definition) is 2. The van der Waals surface area contributed by atoms with Gasteiger partial charge in [-0.1, -0.05) is 13.3 Å². The molecule has 1 rings (SSSR count). The molecule has 0 saturated carbocycles. The summed E-state index contributed by atoms with van der Waals surface area (Å²) in [7, 11) is -2.88. The number of hydrogen-bond acceptors (Lipinski definition) is 5. The normalized spacial score (nSPS) is 20.0. The average molecular weight is 305 g/mol. The zero-order valence-corrected chi connectivity index (χ0v) is 14.0. The second-order valence-electron chi connectivity index (χ2n) is 6.30. The van der Waals surface area contributed by atoms with Crippen LogP contribution in [-0.2, 0) is 9.84 Å². The highest BCUT2D eigenvalue weighted by Gasteiger charge is 2.35. The first-order chi connectivity index (χ1) is 9.33. The molecule has 0 amide bonds. The van der Waals surface area contributed by atoms with Gasteiger partial charge in [0, 0.05) is 17.3 Å². The molecule has 6 heteroatoms. The zero-order valence-electron chi connectivity index (χ0n) is 13.2. The maximum atomic E-state index is 11.6. The Morgan fingerprint density at radius 1 is 1.25 bits per heavy atom. The molecule has 1 atom stereocenters. The summed E-state index contributed by atoms with van der Waals surface area (Å²) in [5.41, 5.74) is 2.87. The number of nitrogens with zero attached hydrogens (tertiary/aromatic N) is 1. The van der Waals surface area contributed by atoms with Gasteiger partial charge in [0.1, 0.15) is 9.84 Å². The van der Waals surface area contributed by atoms with E-state index in [0.29, 0.717) is 6.42 Å². The number of rotatable bonds is 8. The van der Waals surface area contributed by atoms with Crippen molar-refractivity contribution in [3.63, 3.8) is 0 Å². The van der Waals surface area contributed by atoms with E-state index >= 15 is 0 Å². The van der Waals surface area contributed by atoms with Crippen LogP contribution in [0.5, 0.6) is 0 Å². The molecule has 0 aliphatic carbocycles. The minimum atomic E-state index is -2.88. The van der Waals surface area contributed by atoms with Crippen molar-refractivity contribution in [2.75, 3.05) is 24.6 Å². The second-order valence-corrected chi connectivity index (χ2v) is 8.77. The first-order valence-corrected chi connectivity index (χ1v) is 9.57. The monoisotopic (exact) mass is 305 g/mol. The molecule has 1 saturated heterocycles. The van der Waals surface area contributed by atoms with E-state index in [4.69, 9.17) is 5.84 Å². The van der Waals surface area contributed by atoms with E-state index in [0.717, 1.165) is 19.5 Å². The Balaban J connectivity index is 2.55. The van der Waals surface area contributed by atoms with Crippen LogP contribution in [-0.4, -0.2) is 49.5 Å². The van der Waals surface area contributed by atoms with E-state index in [9.17, 15) is 8.42 Å². The van der Waals surface area contributed by atoms with E-state index in [-0.39, 0.29) is 23.1 Å². The van der Waals surface area contributed by atoms with Crippen LogP contribution >= 0.6 is 0 Å². The van der Waals surface area contributed by atoms with Crippen LogP contribution in [0.2, 0.25) is 0 Å². The Bertz CT molecular complexity index is 376. The van der Waals surface area contributed by atoms with Crippen molar-refractivity contribution in [2.45, 2.75) is 64.5 Å². The standard InChI is InChI=1S/C14H31N3O2S/c1-4-20(18,19)12-8-9-13(16-15)14(2,3)17-10-6-5-7-11-17/h13,16H,4-12,15H2,1-3H3. The molecule has 1 unspecified atom stereocenters. The Kier molecular flexibility index (Phi) is 6.91. The lowest BCUT2D eigenvalue weighted by molar-refractivity contribution is 0.0580. The fraction of sp³-hybridized carbons (Fsp3) is 1.00. The van der Waals surface area contributed by atoms with E-state index < -0.39 is 9.84 Å². The van der Waals surface area contributed by atoms with Gasteiger partial charge in [-0.25, -0.2) is 8.42 Å². The Labute approximate surface area is 124 Å². The highest BCUT2D eigenvalue weighted by molar-refractivity contribution is 7.91. The molecule has 1 aliphatic rings. The minimum absolute atomic E-state index is 0.0366. The van der Waals surface area contributed by atoms with Crippen LogP contribution in [0.15, 0.2) is 0 Å². The van der Waals surface area contributed by atoms with E-state index in [1.54, 1.807) is 6.92 Å². The summed E-state index contributed by atoms with van der Waals surface area (Å²) in [5.74, 6) is 6.21. The molecule has 120 valence electrons. The molecule has 1 aliphatic heterocycles. The number of sulfone groups is 1. The summed E-state index contributed by atoms with van der Waals surface area (Å²) in [6.07, 6.45) is 5.25.